The van der Waals surface area contributed by atoms with Crippen LogP contribution in [-0.2, 0) is 0 Å². The van der Waals surface area contributed by atoms with Crippen molar-refractivity contribution >= 4 is 51.7 Å². The van der Waals surface area contributed by atoms with E-state index in [0.717, 1.165) is 17.4 Å². The van der Waals surface area contributed by atoms with Gasteiger partial charge in [-0.05, 0) is 31.1 Å². The molecule has 2 heterocycles. The van der Waals surface area contributed by atoms with E-state index in [0.29, 0.717) is 49.7 Å². The SMILES string of the molecule is COc1cc(OC)c(Cl)c(-c2cc3cnc(SC)nc3c(NCC3CCCC3)n2)c1Cl. The van der Waals surface area contributed by atoms with Gasteiger partial charge in [-0.15, -0.1) is 0 Å². The summed E-state index contributed by atoms with van der Waals surface area (Å²) in [5.41, 5.74) is 1.94. The monoisotopic (exact) mass is 478 g/mol. The van der Waals surface area contributed by atoms with Crippen LogP contribution in [0.5, 0.6) is 11.5 Å². The Labute approximate surface area is 196 Å². The number of benzene rings is 1. The minimum absolute atomic E-state index is 0.378. The quantitative estimate of drug-likeness (QED) is 0.313. The van der Waals surface area contributed by atoms with Gasteiger partial charge in [0.1, 0.15) is 17.0 Å². The Balaban J connectivity index is 1.87. The summed E-state index contributed by atoms with van der Waals surface area (Å²) in [4.78, 5) is 14.0. The van der Waals surface area contributed by atoms with Crippen LogP contribution in [0.3, 0.4) is 0 Å². The maximum Gasteiger partial charge on any atom is 0.187 e. The van der Waals surface area contributed by atoms with Crippen LogP contribution >= 0.6 is 35.0 Å². The number of halogens is 2. The second-order valence-electron chi connectivity index (χ2n) is 7.47. The van der Waals surface area contributed by atoms with Crippen LogP contribution in [0.2, 0.25) is 10.0 Å². The van der Waals surface area contributed by atoms with E-state index < -0.39 is 0 Å². The van der Waals surface area contributed by atoms with Crippen molar-refractivity contribution in [3.63, 3.8) is 0 Å². The zero-order valence-electron chi connectivity index (χ0n) is 17.7. The van der Waals surface area contributed by atoms with Crippen LogP contribution in [0.15, 0.2) is 23.5 Å². The first kappa shape index (κ1) is 22.2. The number of thioether (sulfide) groups is 1. The predicted octanol–water partition coefficient (Wildman–Crippen LogP) is 6.34. The third-order valence-electron chi connectivity index (χ3n) is 5.59. The Bertz CT molecular complexity index is 1080. The second kappa shape index (κ2) is 9.67. The van der Waals surface area contributed by atoms with E-state index in [4.69, 9.17) is 42.6 Å². The maximum absolute atomic E-state index is 6.65. The lowest BCUT2D eigenvalue weighted by molar-refractivity contribution is 0.395. The molecule has 164 valence electrons. The van der Waals surface area contributed by atoms with E-state index in [1.807, 2.05) is 12.3 Å². The van der Waals surface area contributed by atoms with Gasteiger partial charge in [0.25, 0.3) is 0 Å². The van der Waals surface area contributed by atoms with E-state index in [1.54, 1.807) is 26.5 Å². The molecule has 0 bridgehead atoms. The third kappa shape index (κ3) is 4.49. The highest BCUT2D eigenvalue weighted by Crippen LogP contribution is 2.46. The molecule has 1 fully saturated rings. The van der Waals surface area contributed by atoms with E-state index in [2.05, 4.69) is 10.3 Å². The molecule has 0 unspecified atom stereocenters. The second-order valence-corrected chi connectivity index (χ2v) is 9.00. The fraction of sp³-hybridized carbons (Fsp3) is 0.409. The fourth-order valence-corrected chi connectivity index (χ4v) is 4.97. The molecule has 1 saturated carbocycles. The molecule has 31 heavy (non-hydrogen) atoms. The van der Waals surface area contributed by atoms with Gasteiger partial charge in [0, 0.05) is 29.8 Å². The number of pyridine rings is 1. The number of nitrogens with one attached hydrogen (secondary N) is 1. The Morgan fingerprint density at radius 3 is 2.35 bits per heavy atom. The number of ether oxygens (including phenoxy) is 2. The fourth-order valence-electron chi connectivity index (χ4n) is 3.94. The largest absolute Gasteiger partial charge is 0.495 e. The number of nitrogens with zero attached hydrogens (tertiary/aromatic N) is 3. The smallest absolute Gasteiger partial charge is 0.187 e. The molecule has 0 atom stereocenters. The highest BCUT2D eigenvalue weighted by molar-refractivity contribution is 7.98. The van der Waals surface area contributed by atoms with Crippen LogP contribution in [0.25, 0.3) is 22.2 Å². The van der Waals surface area contributed by atoms with Gasteiger partial charge in [-0.1, -0.05) is 47.8 Å². The predicted molar refractivity (Wildman–Crippen MR) is 128 cm³/mol. The molecule has 0 spiro atoms. The lowest BCUT2D eigenvalue weighted by Crippen LogP contribution is -2.13. The number of fused-ring (bicyclic) bond motifs is 1. The summed E-state index contributed by atoms with van der Waals surface area (Å²) in [7, 11) is 3.11. The lowest BCUT2D eigenvalue weighted by Gasteiger charge is -2.17. The molecule has 1 aliphatic rings. The molecule has 4 rings (SSSR count). The number of rotatable bonds is 7. The zero-order valence-corrected chi connectivity index (χ0v) is 20.0. The Hall–Kier alpha value is -1.96. The summed E-state index contributed by atoms with van der Waals surface area (Å²) in [6.45, 7) is 0.854. The van der Waals surface area contributed by atoms with Gasteiger partial charge in [-0.25, -0.2) is 15.0 Å². The van der Waals surface area contributed by atoms with Gasteiger partial charge in [-0.2, -0.15) is 0 Å². The van der Waals surface area contributed by atoms with Gasteiger partial charge in [0.05, 0.1) is 30.0 Å². The molecular formula is C22H24Cl2N4O2S. The summed E-state index contributed by atoms with van der Waals surface area (Å²) in [5, 5.41) is 5.84. The van der Waals surface area contributed by atoms with Crippen LogP contribution in [-0.4, -0.2) is 42.0 Å². The molecule has 9 heteroatoms. The summed E-state index contributed by atoms with van der Waals surface area (Å²) < 4.78 is 10.9. The van der Waals surface area contributed by atoms with Gasteiger partial charge < -0.3 is 14.8 Å². The summed E-state index contributed by atoms with van der Waals surface area (Å²) in [5.74, 6) is 2.28. The third-order valence-corrected chi connectivity index (χ3v) is 6.90. The van der Waals surface area contributed by atoms with Crippen molar-refractivity contribution in [2.24, 2.45) is 5.92 Å². The summed E-state index contributed by atoms with van der Waals surface area (Å²) in [6.07, 6.45) is 8.80. The highest BCUT2D eigenvalue weighted by atomic mass is 35.5. The topological polar surface area (TPSA) is 69.2 Å². The number of hydrogen-bond donors (Lipinski definition) is 1. The molecule has 0 saturated heterocycles. The number of hydrogen-bond acceptors (Lipinski definition) is 7. The van der Waals surface area contributed by atoms with Crippen molar-refractivity contribution in [1.29, 1.82) is 0 Å². The van der Waals surface area contributed by atoms with Crippen molar-refractivity contribution in [1.82, 2.24) is 15.0 Å². The van der Waals surface area contributed by atoms with Crippen LogP contribution < -0.4 is 14.8 Å². The summed E-state index contributed by atoms with van der Waals surface area (Å²) in [6, 6.07) is 3.56. The van der Waals surface area contributed by atoms with Gasteiger partial charge in [0.15, 0.2) is 11.0 Å². The number of anilines is 1. The molecule has 6 nitrogen and oxygen atoms in total. The van der Waals surface area contributed by atoms with Crippen LogP contribution in [0.4, 0.5) is 5.82 Å². The molecule has 2 aromatic heterocycles. The van der Waals surface area contributed by atoms with E-state index in [-0.39, 0.29) is 0 Å². The van der Waals surface area contributed by atoms with Crippen LogP contribution in [0, 0.1) is 5.92 Å². The molecule has 3 aromatic rings. The average Bonchev–Trinajstić information content (AvgIpc) is 3.31. The number of aromatic nitrogens is 3. The van der Waals surface area contributed by atoms with Crippen molar-refractivity contribution in [2.75, 3.05) is 32.3 Å². The first-order valence-corrected chi connectivity index (χ1v) is 12.1. The van der Waals surface area contributed by atoms with E-state index >= 15 is 0 Å². The van der Waals surface area contributed by atoms with E-state index in [9.17, 15) is 0 Å². The molecule has 1 aromatic carbocycles. The minimum Gasteiger partial charge on any atom is -0.495 e. The molecule has 1 N–H and O–H groups in total. The van der Waals surface area contributed by atoms with Crippen molar-refractivity contribution in [3.05, 3.63) is 28.4 Å². The summed E-state index contributed by atoms with van der Waals surface area (Å²) >= 11 is 14.8. The highest BCUT2D eigenvalue weighted by Gasteiger charge is 2.22. The lowest BCUT2D eigenvalue weighted by atomic mass is 10.1. The first-order chi connectivity index (χ1) is 15.0. The average molecular weight is 479 g/mol. The van der Waals surface area contributed by atoms with Crippen molar-refractivity contribution in [2.45, 2.75) is 30.8 Å². The Morgan fingerprint density at radius 2 is 1.74 bits per heavy atom. The van der Waals surface area contributed by atoms with Crippen LogP contribution in [0.1, 0.15) is 25.7 Å². The van der Waals surface area contributed by atoms with Gasteiger partial charge in [0.2, 0.25) is 0 Å². The van der Waals surface area contributed by atoms with Gasteiger partial charge >= 0.3 is 0 Å². The first-order valence-electron chi connectivity index (χ1n) is 10.1. The molecule has 1 aliphatic carbocycles. The van der Waals surface area contributed by atoms with Crippen molar-refractivity contribution < 1.29 is 9.47 Å². The van der Waals surface area contributed by atoms with Crippen molar-refractivity contribution in [3.8, 4) is 22.8 Å². The van der Waals surface area contributed by atoms with E-state index in [1.165, 1.54) is 37.4 Å². The zero-order chi connectivity index (χ0) is 22.0. The molecule has 0 amide bonds. The molecule has 0 aliphatic heterocycles. The number of methoxy groups -OCH3 is 2. The molecular weight excluding hydrogens is 455 g/mol. The standard InChI is InChI=1S/C22H24Cl2N4O2S/c1-29-15-9-16(30-2)19(24)17(18(15)23)14-8-13-11-26-22(31-3)28-20(13)21(27-14)25-10-12-6-4-5-7-12/h8-9,11-12H,4-7,10H2,1-3H3,(H,25,27). The van der Waals surface area contributed by atoms with Gasteiger partial charge in [-0.3, -0.25) is 0 Å². The molecule has 0 radical (unpaired) electrons. The minimum atomic E-state index is 0.378. The Kier molecular flexibility index (Phi) is 6.94. The maximum atomic E-state index is 6.65. The normalized spacial score (nSPS) is 14.2. The Morgan fingerprint density at radius 1 is 1.06 bits per heavy atom.